The largest absolute Gasteiger partial charge is 0.353 e. The molecule has 3 amide bonds. The fraction of sp³-hybridized carbons (Fsp3) is 0.893. The van der Waals surface area contributed by atoms with Crippen LogP contribution in [0.2, 0.25) is 0 Å². The molecule has 3 N–H and O–H groups in total. The summed E-state index contributed by atoms with van der Waals surface area (Å²) in [6.45, 7) is 8.41. The minimum Gasteiger partial charge on any atom is -0.353 e. The molecule has 8 atom stereocenters. The van der Waals surface area contributed by atoms with E-state index in [-0.39, 0.29) is 42.3 Å². The average molecular weight is 476 g/mol. The van der Waals surface area contributed by atoms with Crippen molar-refractivity contribution in [2.45, 2.75) is 129 Å². The van der Waals surface area contributed by atoms with Crippen LogP contribution in [0.3, 0.4) is 0 Å². The van der Waals surface area contributed by atoms with Crippen LogP contribution in [0.15, 0.2) is 0 Å². The first-order chi connectivity index (χ1) is 16.3. The SMILES string of the molecule is CC1CCCCC1NC(=O)CC(C(=O)NC1CCCCC1C)C(C)C(=O)NC1CCCCC1C. The van der Waals surface area contributed by atoms with Gasteiger partial charge in [-0.25, -0.2) is 0 Å². The lowest BCUT2D eigenvalue weighted by molar-refractivity contribution is -0.138. The summed E-state index contributed by atoms with van der Waals surface area (Å²) < 4.78 is 0. The van der Waals surface area contributed by atoms with E-state index in [4.69, 9.17) is 0 Å². The Kier molecular flexibility index (Phi) is 10.3. The lowest BCUT2D eigenvalue weighted by Gasteiger charge is -2.34. The second-order valence-corrected chi connectivity index (χ2v) is 11.8. The van der Waals surface area contributed by atoms with Gasteiger partial charge in [0.15, 0.2) is 0 Å². The summed E-state index contributed by atoms with van der Waals surface area (Å²) in [7, 11) is 0. The van der Waals surface area contributed by atoms with Crippen LogP contribution in [0.1, 0.15) is 111 Å². The van der Waals surface area contributed by atoms with Crippen LogP contribution in [0, 0.1) is 29.6 Å². The molecule has 0 spiro atoms. The molecule has 8 unspecified atom stereocenters. The molecule has 3 fully saturated rings. The van der Waals surface area contributed by atoms with Gasteiger partial charge in [-0.1, -0.05) is 66.2 Å². The first-order valence-electron chi connectivity index (χ1n) is 14.2. The Morgan fingerprint density at radius 3 is 1.44 bits per heavy atom. The van der Waals surface area contributed by atoms with Gasteiger partial charge in [0.05, 0.1) is 5.92 Å². The maximum Gasteiger partial charge on any atom is 0.224 e. The van der Waals surface area contributed by atoms with Gasteiger partial charge in [0.2, 0.25) is 17.7 Å². The first-order valence-corrected chi connectivity index (χ1v) is 14.2. The predicted molar refractivity (Wildman–Crippen MR) is 136 cm³/mol. The van der Waals surface area contributed by atoms with E-state index in [1.165, 1.54) is 19.3 Å². The summed E-state index contributed by atoms with van der Waals surface area (Å²) >= 11 is 0. The third-order valence-electron chi connectivity index (χ3n) is 9.10. The van der Waals surface area contributed by atoms with E-state index < -0.39 is 11.8 Å². The van der Waals surface area contributed by atoms with Gasteiger partial charge in [0.25, 0.3) is 0 Å². The molecular weight excluding hydrogens is 426 g/mol. The molecule has 3 saturated carbocycles. The van der Waals surface area contributed by atoms with Crippen molar-refractivity contribution in [2.75, 3.05) is 0 Å². The zero-order chi connectivity index (χ0) is 24.7. The van der Waals surface area contributed by atoms with E-state index in [9.17, 15) is 14.4 Å². The number of carbonyl (C=O) groups is 3. The van der Waals surface area contributed by atoms with Gasteiger partial charge in [-0.15, -0.1) is 0 Å². The summed E-state index contributed by atoms with van der Waals surface area (Å²) in [6, 6.07) is 0.483. The first kappa shape index (κ1) is 27.0. The smallest absolute Gasteiger partial charge is 0.224 e. The number of hydrogen-bond donors (Lipinski definition) is 3. The third kappa shape index (κ3) is 7.45. The second-order valence-electron chi connectivity index (χ2n) is 11.8. The minimum atomic E-state index is -0.646. The lowest BCUT2D eigenvalue weighted by Crippen LogP contribution is -2.51. The molecule has 0 heterocycles. The van der Waals surface area contributed by atoms with Crippen LogP contribution >= 0.6 is 0 Å². The van der Waals surface area contributed by atoms with Crippen LogP contribution in [-0.4, -0.2) is 35.8 Å². The predicted octanol–water partition coefficient (Wildman–Crippen LogP) is 4.71. The molecule has 0 bridgehead atoms. The van der Waals surface area contributed by atoms with Crippen molar-refractivity contribution in [2.24, 2.45) is 29.6 Å². The topological polar surface area (TPSA) is 87.3 Å². The van der Waals surface area contributed by atoms with E-state index >= 15 is 0 Å². The van der Waals surface area contributed by atoms with Crippen LogP contribution in [0.5, 0.6) is 0 Å². The second kappa shape index (κ2) is 12.9. The molecule has 34 heavy (non-hydrogen) atoms. The van der Waals surface area contributed by atoms with Crippen LogP contribution in [-0.2, 0) is 14.4 Å². The molecule has 0 aliphatic heterocycles. The molecule has 3 aliphatic carbocycles. The number of carbonyl (C=O) groups excluding carboxylic acids is 3. The third-order valence-corrected chi connectivity index (χ3v) is 9.10. The fourth-order valence-electron chi connectivity index (χ4n) is 6.34. The van der Waals surface area contributed by atoms with E-state index in [0.717, 1.165) is 57.8 Å². The zero-order valence-corrected chi connectivity index (χ0v) is 22.0. The molecule has 194 valence electrons. The summed E-state index contributed by atoms with van der Waals surface area (Å²) in [6.07, 6.45) is 13.5. The Labute approximate surface area is 207 Å². The van der Waals surface area contributed by atoms with Crippen molar-refractivity contribution in [3.8, 4) is 0 Å². The minimum absolute atomic E-state index is 0.0744. The Hall–Kier alpha value is -1.59. The molecule has 0 aromatic carbocycles. The number of rotatable bonds is 8. The molecule has 0 aromatic rings. The van der Waals surface area contributed by atoms with Gasteiger partial charge in [0.1, 0.15) is 0 Å². The molecule has 3 aliphatic rings. The van der Waals surface area contributed by atoms with Crippen LogP contribution < -0.4 is 16.0 Å². The zero-order valence-electron chi connectivity index (χ0n) is 22.0. The number of nitrogens with one attached hydrogen (secondary N) is 3. The highest BCUT2D eigenvalue weighted by Crippen LogP contribution is 2.28. The monoisotopic (exact) mass is 475 g/mol. The van der Waals surface area contributed by atoms with Crippen molar-refractivity contribution < 1.29 is 14.4 Å². The van der Waals surface area contributed by atoms with E-state index in [1.54, 1.807) is 0 Å². The van der Waals surface area contributed by atoms with Crippen LogP contribution in [0.25, 0.3) is 0 Å². The highest BCUT2D eigenvalue weighted by molar-refractivity contribution is 5.91. The van der Waals surface area contributed by atoms with E-state index in [1.807, 2.05) is 6.92 Å². The maximum atomic E-state index is 13.5. The van der Waals surface area contributed by atoms with Crippen LogP contribution in [0.4, 0.5) is 0 Å². The molecule has 0 saturated heterocycles. The Morgan fingerprint density at radius 1 is 0.618 bits per heavy atom. The van der Waals surface area contributed by atoms with Crippen molar-refractivity contribution in [1.29, 1.82) is 0 Å². The van der Waals surface area contributed by atoms with E-state index in [0.29, 0.717) is 17.8 Å². The summed E-state index contributed by atoms with van der Waals surface area (Å²) in [5, 5.41) is 9.66. The molecule has 6 nitrogen and oxygen atoms in total. The standard InChI is InChI=1S/C28H49N3O3/c1-18-11-5-8-14-23(18)29-26(32)17-22(28(34)31-25-16-10-7-13-20(25)3)21(4)27(33)30-24-15-9-6-12-19(24)2/h18-25H,5-17H2,1-4H3,(H,29,32)(H,30,33)(H,31,34). The molecule has 0 aromatic heterocycles. The van der Waals surface area contributed by atoms with Crippen molar-refractivity contribution in [3.63, 3.8) is 0 Å². The highest BCUT2D eigenvalue weighted by Gasteiger charge is 2.36. The van der Waals surface area contributed by atoms with Gasteiger partial charge in [-0.3, -0.25) is 14.4 Å². The van der Waals surface area contributed by atoms with Crippen molar-refractivity contribution >= 4 is 17.7 Å². The number of amides is 3. The average Bonchev–Trinajstić information content (AvgIpc) is 2.81. The molecular formula is C28H49N3O3. The summed E-state index contributed by atoms with van der Waals surface area (Å²) in [5.74, 6) is -0.157. The Morgan fingerprint density at radius 2 is 1.00 bits per heavy atom. The van der Waals surface area contributed by atoms with Gasteiger partial charge >= 0.3 is 0 Å². The lowest BCUT2D eigenvalue weighted by atomic mass is 9.82. The molecule has 3 rings (SSSR count). The summed E-state index contributed by atoms with van der Waals surface area (Å²) in [4.78, 5) is 39.8. The normalized spacial score (nSPS) is 33.9. The Bertz CT molecular complexity index is 696. The summed E-state index contributed by atoms with van der Waals surface area (Å²) in [5.41, 5.74) is 0. The number of hydrogen-bond acceptors (Lipinski definition) is 3. The van der Waals surface area contributed by atoms with E-state index in [2.05, 4.69) is 36.7 Å². The van der Waals surface area contributed by atoms with Crippen molar-refractivity contribution in [1.82, 2.24) is 16.0 Å². The molecule has 6 heteroatoms. The van der Waals surface area contributed by atoms with Gasteiger partial charge in [-0.2, -0.15) is 0 Å². The maximum absolute atomic E-state index is 13.5. The van der Waals surface area contributed by atoms with Gasteiger partial charge < -0.3 is 16.0 Å². The highest BCUT2D eigenvalue weighted by atomic mass is 16.2. The van der Waals surface area contributed by atoms with Gasteiger partial charge in [0, 0.05) is 30.5 Å². The Balaban J connectivity index is 1.67. The van der Waals surface area contributed by atoms with Crippen molar-refractivity contribution in [3.05, 3.63) is 0 Å². The fourth-order valence-corrected chi connectivity index (χ4v) is 6.34. The van der Waals surface area contributed by atoms with Gasteiger partial charge in [-0.05, 0) is 56.3 Å². The quantitative estimate of drug-likeness (QED) is 0.475. The molecule has 0 radical (unpaired) electrons.